The molecule has 2 heterocycles. The molecule has 2 aliphatic rings. The van der Waals surface area contributed by atoms with Crippen LogP contribution in [0.3, 0.4) is 0 Å². The lowest BCUT2D eigenvalue weighted by molar-refractivity contribution is -0.122. The molecular formula is C5H6N4O. The van der Waals surface area contributed by atoms with E-state index in [1.165, 1.54) is 6.34 Å². The Labute approximate surface area is 57.2 Å². The van der Waals surface area contributed by atoms with Gasteiger partial charge in [-0.2, -0.15) is 5.10 Å². The van der Waals surface area contributed by atoms with Crippen LogP contribution in [0.2, 0.25) is 0 Å². The van der Waals surface area contributed by atoms with Crippen molar-refractivity contribution in [1.29, 1.82) is 0 Å². The Morgan fingerprint density at radius 2 is 2.50 bits per heavy atom. The number of hydrogen-bond donors (Lipinski definition) is 2. The number of amides is 1. The zero-order valence-corrected chi connectivity index (χ0v) is 5.11. The number of hydrogen-bond acceptors (Lipinski definition) is 4. The van der Waals surface area contributed by atoms with Gasteiger partial charge in [0.05, 0.1) is 6.34 Å². The Balaban J connectivity index is 2.28. The summed E-state index contributed by atoms with van der Waals surface area (Å²) in [6, 6.07) is 0. The Bertz CT molecular complexity index is 222. The van der Waals surface area contributed by atoms with E-state index < -0.39 is 0 Å². The van der Waals surface area contributed by atoms with E-state index in [-0.39, 0.29) is 18.0 Å². The SMILES string of the molecule is O=C1NC=N[C@H]2NN=C[C@@H]12. The minimum Gasteiger partial charge on any atom is -0.316 e. The van der Waals surface area contributed by atoms with Gasteiger partial charge in [0.15, 0.2) is 6.17 Å². The van der Waals surface area contributed by atoms with Crippen molar-refractivity contribution in [3.8, 4) is 0 Å². The fourth-order valence-electron chi connectivity index (χ4n) is 0.976. The van der Waals surface area contributed by atoms with Crippen LogP contribution in [0.5, 0.6) is 0 Å². The third-order valence-electron chi connectivity index (χ3n) is 1.53. The molecule has 0 aromatic rings. The molecule has 10 heavy (non-hydrogen) atoms. The summed E-state index contributed by atoms with van der Waals surface area (Å²) in [4.78, 5) is 14.9. The molecule has 0 fully saturated rings. The second-order valence-corrected chi connectivity index (χ2v) is 2.16. The summed E-state index contributed by atoms with van der Waals surface area (Å²) in [5, 5.41) is 6.22. The van der Waals surface area contributed by atoms with Crippen molar-refractivity contribution in [3.05, 3.63) is 0 Å². The molecule has 0 aromatic heterocycles. The fourth-order valence-corrected chi connectivity index (χ4v) is 0.976. The first-order chi connectivity index (χ1) is 4.88. The summed E-state index contributed by atoms with van der Waals surface area (Å²) in [6.45, 7) is 0. The number of nitrogens with one attached hydrogen (secondary N) is 2. The van der Waals surface area contributed by atoms with E-state index in [9.17, 15) is 4.79 Å². The normalized spacial score (nSPS) is 35.0. The monoisotopic (exact) mass is 138 g/mol. The third-order valence-corrected chi connectivity index (χ3v) is 1.53. The zero-order valence-electron chi connectivity index (χ0n) is 5.11. The smallest absolute Gasteiger partial charge is 0.237 e. The molecule has 0 saturated carbocycles. The second kappa shape index (κ2) is 1.80. The van der Waals surface area contributed by atoms with Gasteiger partial charge in [-0.15, -0.1) is 0 Å². The Morgan fingerprint density at radius 1 is 1.60 bits per heavy atom. The number of rotatable bonds is 0. The van der Waals surface area contributed by atoms with E-state index in [0.717, 1.165) is 0 Å². The lowest BCUT2D eigenvalue weighted by atomic mass is 10.1. The first kappa shape index (κ1) is 5.40. The summed E-state index contributed by atoms with van der Waals surface area (Å²) < 4.78 is 0. The number of hydrazone groups is 1. The van der Waals surface area contributed by atoms with Crippen molar-refractivity contribution in [1.82, 2.24) is 10.7 Å². The average Bonchev–Trinajstić information content (AvgIpc) is 2.36. The predicted molar refractivity (Wildman–Crippen MR) is 35.5 cm³/mol. The number of carbonyl (C=O) groups is 1. The Hall–Kier alpha value is -1.39. The van der Waals surface area contributed by atoms with Crippen molar-refractivity contribution in [3.63, 3.8) is 0 Å². The van der Waals surface area contributed by atoms with Crippen molar-refractivity contribution >= 4 is 18.5 Å². The van der Waals surface area contributed by atoms with Crippen LogP contribution in [0.25, 0.3) is 0 Å². The minimum absolute atomic E-state index is 0.0475. The number of carbonyl (C=O) groups excluding carboxylic acids is 1. The quantitative estimate of drug-likeness (QED) is 0.436. The molecule has 2 rings (SSSR count). The zero-order chi connectivity index (χ0) is 6.97. The predicted octanol–water partition coefficient (Wildman–Crippen LogP) is -1.32. The highest BCUT2D eigenvalue weighted by Gasteiger charge is 2.31. The van der Waals surface area contributed by atoms with E-state index in [4.69, 9.17) is 0 Å². The highest BCUT2D eigenvalue weighted by atomic mass is 16.2. The minimum atomic E-state index is -0.218. The topological polar surface area (TPSA) is 65.8 Å². The van der Waals surface area contributed by atoms with Gasteiger partial charge >= 0.3 is 0 Å². The summed E-state index contributed by atoms with van der Waals surface area (Å²) >= 11 is 0. The molecule has 0 spiro atoms. The molecule has 5 heteroatoms. The molecule has 0 aromatic carbocycles. The molecule has 5 nitrogen and oxygen atoms in total. The van der Waals surface area contributed by atoms with Gasteiger partial charge in [0, 0.05) is 6.21 Å². The summed E-state index contributed by atoms with van der Waals surface area (Å²) in [5.41, 5.74) is 2.70. The molecule has 0 unspecified atom stereocenters. The largest absolute Gasteiger partial charge is 0.316 e. The number of fused-ring (bicyclic) bond motifs is 1. The van der Waals surface area contributed by atoms with Crippen molar-refractivity contribution in [2.75, 3.05) is 0 Å². The van der Waals surface area contributed by atoms with Gasteiger partial charge in [-0.05, 0) is 0 Å². The average molecular weight is 138 g/mol. The molecule has 1 amide bonds. The summed E-state index contributed by atoms with van der Waals surface area (Å²) in [5.74, 6) is -0.265. The van der Waals surface area contributed by atoms with E-state index in [1.807, 2.05) is 0 Å². The van der Waals surface area contributed by atoms with Crippen LogP contribution in [0, 0.1) is 5.92 Å². The number of nitrogens with zero attached hydrogens (tertiary/aromatic N) is 2. The first-order valence-electron chi connectivity index (χ1n) is 2.99. The maximum absolute atomic E-state index is 10.9. The molecule has 0 radical (unpaired) electrons. The summed E-state index contributed by atoms with van der Waals surface area (Å²) in [6.07, 6.45) is 2.79. The van der Waals surface area contributed by atoms with Crippen LogP contribution in [0.15, 0.2) is 10.1 Å². The lowest BCUT2D eigenvalue weighted by Crippen LogP contribution is -2.43. The fraction of sp³-hybridized carbons (Fsp3) is 0.400. The molecular weight excluding hydrogens is 132 g/mol. The standard InChI is InChI=1S/C5H6N4O/c10-5-3-1-8-9-4(3)6-2-7-5/h1-4,9H,(H,6,7,10)/t3-,4+/m1/s1. The Morgan fingerprint density at radius 3 is 3.30 bits per heavy atom. The molecule has 2 aliphatic heterocycles. The van der Waals surface area contributed by atoms with Crippen LogP contribution in [-0.2, 0) is 4.79 Å². The van der Waals surface area contributed by atoms with Crippen LogP contribution in [0.1, 0.15) is 0 Å². The van der Waals surface area contributed by atoms with Gasteiger partial charge in [-0.1, -0.05) is 0 Å². The highest BCUT2D eigenvalue weighted by Crippen LogP contribution is 2.10. The van der Waals surface area contributed by atoms with Crippen molar-refractivity contribution < 1.29 is 4.79 Å². The van der Waals surface area contributed by atoms with Crippen LogP contribution < -0.4 is 10.7 Å². The van der Waals surface area contributed by atoms with Crippen LogP contribution >= 0.6 is 0 Å². The van der Waals surface area contributed by atoms with Gasteiger partial charge in [0.1, 0.15) is 5.92 Å². The molecule has 0 aliphatic carbocycles. The molecule has 0 saturated heterocycles. The van der Waals surface area contributed by atoms with Crippen molar-refractivity contribution in [2.45, 2.75) is 6.17 Å². The van der Waals surface area contributed by atoms with Gasteiger partial charge in [-0.25, -0.2) is 4.99 Å². The third kappa shape index (κ3) is 0.601. The van der Waals surface area contributed by atoms with Crippen LogP contribution in [-0.4, -0.2) is 24.6 Å². The molecule has 2 N–H and O–H groups in total. The van der Waals surface area contributed by atoms with E-state index >= 15 is 0 Å². The second-order valence-electron chi connectivity index (χ2n) is 2.16. The van der Waals surface area contributed by atoms with Gasteiger partial charge < -0.3 is 5.32 Å². The van der Waals surface area contributed by atoms with E-state index in [1.54, 1.807) is 6.21 Å². The van der Waals surface area contributed by atoms with Crippen molar-refractivity contribution in [2.24, 2.45) is 16.0 Å². The van der Waals surface area contributed by atoms with Crippen LogP contribution in [0.4, 0.5) is 0 Å². The maximum Gasteiger partial charge on any atom is 0.237 e. The molecule has 2 atom stereocenters. The van der Waals surface area contributed by atoms with E-state index in [2.05, 4.69) is 20.8 Å². The maximum atomic E-state index is 10.9. The molecule has 0 bridgehead atoms. The summed E-state index contributed by atoms with van der Waals surface area (Å²) in [7, 11) is 0. The van der Waals surface area contributed by atoms with Gasteiger partial charge in [0.2, 0.25) is 5.91 Å². The highest BCUT2D eigenvalue weighted by molar-refractivity contribution is 6.01. The number of aliphatic imine (C=N–C) groups is 1. The van der Waals surface area contributed by atoms with E-state index in [0.29, 0.717) is 0 Å². The van der Waals surface area contributed by atoms with Gasteiger partial charge in [-0.3, -0.25) is 10.2 Å². The first-order valence-corrected chi connectivity index (χ1v) is 2.99. The Kier molecular flexibility index (Phi) is 0.969. The van der Waals surface area contributed by atoms with Gasteiger partial charge in [0.25, 0.3) is 0 Å². The lowest BCUT2D eigenvalue weighted by Gasteiger charge is -2.16. The molecule has 52 valence electrons.